The van der Waals surface area contributed by atoms with E-state index < -0.39 is 59.3 Å². The van der Waals surface area contributed by atoms with Crippen LogP contribution >= 0.6 is 0 Å². The standard InChI is InChI=1S/C29H31F4N3O6/c1-41-21-12-20(30)22(42-18-7-4-14(5-8-18)28(39)40)11-19(21)26(37)36-25-16-3-2-15(10-16)24(25)27(38)35-23-9-6-17(13-34-23)29(31,32)33/h6,9,11-16,18,24-25H,2-5,7-8,10H2,1H3,(H,36,37)(H,39,40)(H,34,35,38)/t14-,15-,16+,18+,24+,25-/m1/s1. The van der Waals surface area contributed by atoms with Crippen LogP contribution in [0.3, 0.4) is 0 Å². The summed E-state index contributed by atoms with van der Waals surface area (Å²) in [6.45, 7) is 0. The number of benzene rings is 1. The van der Waals surface area contributed by atoms with E-state index in [-0.39, 0.29) is 34.7 Å². The Morgan fingerprint density at radius 3 is 2.33 bits per heavy atom. The van der Waals surface area contributed by atoms with Crippen LogP contribution in [0.4, 0.5) is 23.4 Å². The summed E-state index contributed by atoms with van der Waals surface area (Å²) in [5, 5.41) is 14.7. The highest BCUT2D eigenvalue weighted by atomic mass is 19.4. The maximum atomic E-state index is 14.9. The molecule has 2 bridgehead atoms. The summed E-state index contributed by atoms with van der Waals surface area (Å²) in [4.78, 5) is 41.7. The fraction of sp³-hybridized carbons (Fsp3) is 0.517. The highest BCUT2D eigenvalue weighted by Crippen LogP contribution is 2.49. The Hall–Kier alpha value is -3.90. The van der Waals surface area contributed by atoms with E-state index in [0.29, 0.717) is 38.3 Å². The van der Waals surface area contributed by atoms with Crippen molar-refractivity contribution in [2.45, 2.75) is 63.3 Å². The largest absolute Gasteiger partial charge is 0.496 e. The summed E-state index contributed by atoms with van der Waals surface area (Å²) in [6.07, 6.45) is -0.367. The van der Waals surface area contributed by atoms with Crippen LogP contribution in [0.5, 0.6) is 11.5 Å². The lowest BCUT2D eigenvalue weighted by atomic mass is 9.83. The summed E-state index contributed by atoms with van der Waals surface area (Å²) in [5.74, 6) is -3.96. The van der Waals surface area contributed by atoms with Gasteiger partial charge >= 0.3 is 12.1 Å². The van der Waals surface area contributed by atoms with Crippen molar-refractivity contribution in [3.63, 3.8) is 0 Å². The molecule has 226 valence electrons. The van der Waals surface area contributed by atoms with Gasteiger partial charge in [0, 0.05) is 18.3 Å². The van der Waals surface area contributed by atoms with Crippen molar-refractivity contribution in [1.29, 1.82) is 0 Å². The van der Waals surface area contributed by atoms with Gasteiger partial charge in [-0.15, -0.1) is 0 Å². The average molecular weight is 594 g/mol. The smallest absolute Gasteiger partial charge is 0.417 e. The third kappa shape index (κ3) is 6.14. The molecule has 42 heavy (non-hydrogen) atoms. The molecule has 3 saturated carbocycles. The molecular weight excluding hydrogens is 562 g/mol. The van der Waals surface area contributed by atoms with Crippen LogP contribution in [0, 0.1) is 29.5 Å². The zero-order valence-corrected chi connectivity index (χ0v) is 22.7. The van der Waals surface area contributed by atoms with E-state index in [4.69, 9.17) is 9.47 Å². The molecule has 3 N–H and O–H groups in total. The Kier molecular flexibility index (Phi) is 8.29. The number of rotatable bonds is 8. The highest BCUT2D eigenvalue weighted by Gasteiger charge is 2.51. The number of fused-ring (bicyclic) bond motifs is 2. The Bertz CT molecular complexity index is 1340. The molecule has 2 amide bonds. The number of aromatic nitrogens is 1. The monoisotopic (exact) mass is 593 g/mol. The van der Waals surface area contributed by atoms with Crippen molar-refractivity contribution in [2.24, 2.45) is 23.7 Å². The molecule has 1 aromatic carbocycles. The van der Waals surface area contributed by atoms with E-state index >= 15 is 0 Å². The SMILES string of the molecule is COc1cc(F)c(O[C@H]2CC[C@@H](C(=O)O)CC2)cc1C(=O)N[C@@H]1[C@H]2CC[C@H](C2)[C@@H]1C(=O)Nc1ccc(C(F)(F)F)cn1. The van der Waals surface area contributed by atoms with Crippen LogP contribution in [-0.2, 0) is 15.8 Å². The van der Waals surface area contributed by atoms with Gasteiger partial charge in [0.1, 0.15) is 11.6 Å². The number of pyridine rings is 1. The average Bonchev–Trinajstić information content (AvgIpc) is 3.56. The fourth-order valence-corrected chi connectivity index (χ4v) is 6.53. The zero-order chi connectivity index (χ0) is 30.2. The number of anilines is 1. The summed E-state index contributed by atoms with van der Waals surface area (Å²) in [5.41, 5.74) is -0.922. The minimum atomic E-state index is -4.55. The number of carbonyl (C=O) groups is 3. The number of hydrogen-bond donors (Lipinski definition) is 3. The van der Waals surface area contributed by atoms with Crippen LogP contribution in [0.2, 0.25) is 0 Å². The molecule has 4 atom stereocenters. The number of hydrogen-bond acceptors (Lipinski definition) is 6. The van der Waals surface area contributed by atoms with Gasteiger partial charge in [-0.05, 0) is 75.0 Å². The summed E-state index contributed by atoms with van der Waals surface area (Å²) < 4.78 is 64.6. The quantitative estimate of drug-likeness (QED) is 0.366. The molecule has 2 aromatic rings. The molecule has 1 heterocycles. The van der Waals surface area contributed by atoms with E-state index in [2.05, 4.69) is 15.6 Å². The predicted molar refractivity (Wildman–Crippen MR) is 140 cm³/mol. The van der Waals surface area contributed by atoms with Gasteiger partial charge < -0.3 is 25.2 Å². The van der Waals surface area contributed by atoms with E-state index in [1.54, 1.807) is 0 Å². The normalized spacial score (nSPS) is 26.9. The molecular formula is C29H31F4N3O6. The number of carboxylic acid groups (broad SMARTS) is 1. The summed E-state index contributed by atoms with van der Waals surface area (Å²) in [7, 11) is 1.30. The first-order chi connectivity index (χ1) is 19.9. The highest BCUT2D eigenvalue weighted by molar-refractivity contribution is 5.99. The van der Waals surface area contributed by atoms with Crippen molar-refractivity contribution in [2.75, 3.05) is 12.4 Å². The number of alkyl halides is 3. The van der Waals surface area contributed by atoms with Gasteiger partial charge in [-0.3, -0.25) is 14.4 Å². The van der Waals surface area contributed by atoms with Crippen LogP contribution in [0.1, 0.15) is 60.9 Å². The molecule has 0 aliphatic heterocycles. The molecule has 5 rings (SSSR count). The molecule has 1 aromatic heterocycles. The second-order valence-corrected chi connectivity index (χ2v) is 11.2. The lowest BCUT2D eigenvalue weighted by molar-refractivity contribution is -0.143. The van der Waals surface area contributed by atoms with Gasteiger partial charge in [-0.1, -0.05) is 0 Å². The Morgan fingerprint density at radius 2 is 1.71 bits per heavy atom. The van der Waals surface area contributed by atoms with Crippen molar-refractivity contribution in [3.05, 3.63) is 47.4 Å². The van der Waals surface area contributed by atoms with Crippen LogP contribution in [0.25, 0.3) is 0 Å². The number of halogens is 4. The molecule has 0 radical (unpaired) electrons. The van der Waals surface area contributed by atoms with Gasteiger partial charge in [0.05, 0.1) is 36.2 Å². The second-order valence-electron chi connectivity index (χ2n) is 11.2. The summed E-state index contributed by atoms with van der Waals surface area (Å²) >= 11 is 0. The lowest BCUT2D eigenvalue weighted by Crippen LogP contribution is -2.48. The first-order valence-corrected chi connectivity index (χ1v) is 13.9. The van der Waals surface area contributed by atoms with Crippen molar-refractivity contribution in [3.8, 4) is 11.5 Å². The number of aliphatic carboxylic acids is 1. The number of methoxy groups -OCH3 is 1. The Labute approximate surface area is 239 Å². The number of carboxylic acids is 1. The fourth-order valence-electron chi connectivity index (χ4n) is 6.53. The molecule has 3 fully saturated rings. The van der Waals surface area contributed by atoms with Gasteiger partial charge in [-0.2, -0.15) is 13.2 Å². The minimum Gasteiger partial charge on any atom is -0.496 e. The van der Waals surface area contributed by atoms with Gasteiger partial charge in [-0.25, -0.2) is 9.37 Å². The first-order valence-electron chi connectivity index (χ1n) is 13.9. The van der Waals surface area contributed by atoms with Crippen LogP contribution in [-0.4, -0.2) is 47.1 Å². The van der Waals surface area contributed by atoms with Gasteiger partial charge in [0.2, 0.25) is 5.91 Å². The van der Waals surface area contributed by atoms with Crippen LogP contribution in [0.15, 0.2) is 30.5 Å². The number of nitrogens with one attached hydrogen (secondary N) is 2. The third-order valence-electron chi connectivity index (χ3n) is 8.67. The molecule has 3 aliphatic rings. The van der Waals surface area contributed by atoms with E-state index in [9.17, 15) is 37.1 Å². The minimum absolute atomic E-state index is 0.0134. The molecule has 0 spiro atoms. The van der Waals surface area contributed by atoms with Crippen molar-refractivity contribution >= 4 is 23.6 Å². The van der Waals surface area contributed by atoms with Crippen LogP contribution < -0.4 is 20.1 Å². The maximum absolute atomic E-state index is 14.9. The Morgan fingerprint density at radius 1 is 1.00 bits per heavy atom. The summed E-state index contributed by atoms with van der Waals surface area (Å²) in [6, 6.07) is 3.66. The molecule has 0 unspecified atom stereocenters. The molecule has 3 aliphatic carbocycles. The Balaban J connectivity index is 1.30. The van der Waals surface area contributed by atoms with Gasteiger partial charge in [0.25, 0.3) is 5.91 Å². The molecule has 9 nitrogen and oxygen atoms in total. The number of amides is 2. The maximum Gasteiger partial charge on any atom is 0.417 e. The number of ether oxygens (including phenoxy) is 2. The van der Waals surface area contributed by atoms with E-state index in [0.717, 1.165) is 31.0 Å². The predicted octanol–water partition coefficient (Wildman–Crippen LogP) is 5.05. The zero-order valence-electron chi connectivity index (χ0n) is 22.7. The second kappa shape index (κ2) is 11.8. The molecule has 0 saturated heterocycles. The lowest BCUT2D eigenvalue weighted by Gasteiger charge is -2.31. The van der Waals surface area contributed by atoms with Crippen molar-refractivity contribution in [1.82, 2.24) is 10.3 Å². The number of nitrogens with zero attached hydrogens (tertiary/aromatic N) is 1. The number of carbonyl (C=O) groups excluding carboxylic acids is 2. The van der Waals surface area contributed by atoms with Gasteiger partial charge in [0.15, 0.2) is 11.6 Å². The first kappa shape index (κ1) is 29.6. The van der Waals surface area contributed by atoms with E-state index in [1.165, 1.54) is 13.2 Å². The third-order valence-corrected chi connectivity index (χ3v) is 8.67. The topological polar surface area (TPSA) is 127 Å². The molecule has 13 heteroatoms. The van der Waals surface area contributed by atoms with Crippen molar-refractivity contribution < 1.29 is 46.5 Å². The van der Waals surface area contributed by atoms with E-state index in [1.807, 2.05) is 0 Å².